The molecule has 6 heteroatoms. The Labute approximate surface area is 138 Å². The third-order valence-corrected chi connectivity index (χ3v) is 4.84. The Morgan fingerprint density at radius 3 is 2.62 bits per heavy atom. The van der Waals surface area contributed by atoms with Gasteiger partial charge >= 0.3 is 0 Å². The molecule has 4 rings (SSSR count). The van der Waals surface area contributed by atoms with Crippen LogP contribution in [-0.2, 0) is 19.9 Å². The molecule has 1 amide bonds. The van der Waals surface area contributed by atoms with Crippen LogP contribution in [0, 0.1) is 0 Å². The molecule has 0 unspecified atom stereocenters. The van der Waals surface area contributed by atoms with Crippen LogP contribution in [0.25, 0.3) is 11.2 Å². The molecule has 2 heterocycles. The standard InChI is InChI=1S/C18H18N4O2/c1-21-10-19-17-16(21)14(9-15(23)20-17)18(24)22(2)13-7-11-5-3-4-6-12(11)8-13/h3-6,9-10,13H,7-8H2,1-2H3,(H,20,23). The summed E-state index contributed by atoms with van der Waals surface area (Å²) in [5, 5.41) is 0. The van der Waals surface area contributed by atoms with Crippen molar-refractivity contribution in [3.8, 4) is 0 Å². The Morgan fingerprint density at radius 2 is 1.96 bits per heavy atom. The van der Waals surface area contributed by atoms with Crippen molar-refractivity contribution >= 4 is 17.1 Å². The van der Waals surface area contributed by atoms with E-state index in [9.17, 15) is 9.59 Å². The molecular formula is C18H18N4O2. The minimum Gasteiger partial charge on any atom is -0.338 e. The summed E-state index contributed by atoms with van der Waals surface area (Å²) in [5.41, 5.74) is 3.76. The number of imidazole rings is 1. The first kappa shape index (κ1) is 14.7. The number of nitrogens with one attached hydrogen (secondary N) is 1. The van der Waals surface area contributed by atoms with Crippen molar-refractivity contribution < 1.29 is 4.79 Å². The Morgan fingerprint density at radius 1 is 1.29 bits per heavy atom. The lowest BCUT2D eigenvalue weighted by Gasteiger charge is -2.24. The molecule has 24 heavy (non-hydrogen) atoms. The van der Waals surface area contributed by atoms with Crippen LogP contribution in [-0.4, -0.2) is 38.4 Å². The molecule has 2 aromatic heterocycles. The lowest BCUT2D eigenvalue weighted by Crippen LogP contribution is -2.38. The maximum Gasteiger partial charge on any atom is 0.256 e. The van der Waals surface area contributed by atoms with Gasteiger partial charge in [-0.15, -0.1) is 0 Å². The fraction of sp³-hybridized carbons (Fsp3) is 0.278. The molecule has 0 aliphatic heterocycles. The van der Waals surface area contributed by atoms with Gasteiger partial charge in [0.25, 0.3) is 5.91 Å². The van der Waals surface area contributed by atoms with Gasteiger partial charge in [-0.3, -0.25) is 9.59 Å². The lowest BCUT2D eigenvalue weighted by molar-refractivity contribution is 0.0739. The maximum atomic E-state index is 13.0. The number of carbonyl (C=O) groups is 1. The first-order valence-corrected chi connectivity index (χ1v) is 7.93. The van der Waals surface area contributed by atoms with Crippen LogP contribution in [0.3, 0.4) is 0 Å². The normalized spacial score (nSPS) is 14.1. The lowest BCUT2D eigenvalue weighted by atomic mass is 10.1. The number of nitrogens with zero attached hydrogens (tertiary/aromatic N) is 3. The fourth-order valence-electron chi connectivity index (χ4n) is 3.52. The average molecular weight is 322 g/mol. The van der Waals surface area contributed by atoms with E-state index in [1.165, 1.54) is 17.2 Å². The van der Waals surface area contributed by atoms with Crippen LogP contribution in [0.15, 0.2) is 41.5 Å². The summed E-state index contributed by atoms with van der Waals surface area (Å²) < 4.78 is 1.76. The molecule has 1 N–H and O–H groups in total. The van der Waals surface area contributed by atoms with Gasteiger partial charge in [-0.2, -0.15) is 0 Å². The van der Waals surface area contributed by atoms with Gasteiger partial charge in [-0.1, -0.05) is 24.3 Å². The molecule has 6 nitrogen and oxygen atoms in total. The molecule has 0 fully saturated rings. The summed E-state index contributed by atoms with van der Waals surface area (Å²) >= 11 is 0. The highest BCUT2D eigenvalue weighted by molar-refractivity contribution is 6.04. The second-order valence-electron chi connectivity index (χ2n) is 6.35. The zero-order valence-electron chi connectivity index (χ0n) is 13.6. The van der Waals surface area contributed by atoms with Crippen molar-refractivity contribution in [3.05, 3.63) is 63.7 Å². The van der Waals surface area contributed by atoms with Crippen molar-refractivity contribution in [1.29, 1.82) is 0 Å². The van der Waals surface area contributed by atoms with E-state index >= 15 is 0 Å². The molecule has 122 valence electrons. The van der Waals surface area contributed by atoms with Crippen molar-refractivity contribution in [2.75, 3.05) is 7.05 Å². The number of aryl methyl sites for hydroxylation is 1. The number of fused-ring (bicyclic) bond motifs is 2. The van der Waals surface area contributed by atoms with Crippen LogP contribution in [0.2, 0.25) is 0 Å². The molecule has 3 aromatic rings. The number of pyridine rings is 1. The molecule has 1 aromatic carbocycles. The number of hydrogen-bond donors (Lipinski definition) is 1. The Balaban J connectivity index is 1.70. The van der Waals surface area contributed by atoms with E-state index in [4.69, 9.17) is 0 Å². The summed E-state index contributed by atoms with van der Waals surface area (Å²) in [5.74, 6) is -0.146. The van der Waals surface area contributed by atoms with Gasteiger partial charge < -0.3 is 14.5 Å². The Bertz CT molecular complexity index is 977. The Kier molecular flexibility index (Phi) is 3.26. The first-order chi connectivity index (χ1) is 11.5. The number of rotatable bonds is 2. The predicted octanol–water partition coefficient (Wildman–Crippen LogP) is 1.50. The van der Waals surface area contributed by atoms with Crippen molar-refractivity contribution in [2.24, 2.45) is 7.05 Å². The minimum absolute atomic E-state index is 0.109. The number of amides is 1. The molecule has 1 aliphatic rings. The second-order valence-corrected chi connectivity index (χ2v) is 6.35. The average Bonchev–Trinajstić information content (AvgIpc) is 3.16. The van der Waals surface area contributed by atoms with Crippen molar-refractivity contribution in [1.82, 2.24) is 19.4 Å². The largest absolute Gasteiger partial charge is 0.338 e. The van der Waals surface area contributed by atoms with E-state index in [0.29, 0.717) is 16.7 Å². The van der Waals surface area contributed by atoms with E-state index in [2.05, 4.69) is 22.1 Å². The van der Waals surface area contributed by atoms with Crippen molar-refractivity contribution in [3.63, 3.8) is 0 Å². The van der Waals surface area contributed by atoms with Crippen LogP contribution in [0.1, 0.15) is 21.5 Å². The highest BCUT2D eigenvalue weighted by Gasteiger charge is 2.29. The number of aromatic amines is 1. The van der Waals surface area contributed by atoms with Crippen LogP contribution >= 0.6 is 0 Å². The third-order valence-electron chi connectivity index (χ3n) is 4.84. The number of hydrogen-bond acceptors (Lipinski definition) is 3. The zero-order chi connectivity index (χ0) is 16.8. The summed E-state index contributed by atoms with van der Waals surface area (Å²) in [6.07, 6.45) is 3.29. The molecule has 0 saturated carbocycles. The van der Waals surface area contributed by atoms with E-state index in [-0.39, 0.29) is 17.5 Å². The highest BCUT2D eigenvalue weighted by atomic mass is 16.2. The van der Waals surface area contributed by atoms with E-state index < -0.39 is 0 Å². The van der Waals surface area contributed by atoms with Gasteiger partial charge in [0.15, 0.2) is 5.65 Å². The van der Waals surface area contributed by atoms with Crippen LogP contribution in [0.5, 0.6) is 0 Å². The van der Waals surface area contributed by atoms with Gasteiger partial charge in [0.2, 0.25) is 5.56 Å². The van der Waals surface area contributed by atoms with Gasteiger partial charge in [-0.05, 0) is 24.0 Å². The van der Waals surface area contributed by atoms with Crippen LogP contribution in [0.4, 0.5) is 0 Å². The number of benzene rings is 1. The summed E-state index contributed by atoms with van der Waals surface area (Å²) in [7, 11) is 3.62. The quantitative estimate of drug-likeness (QED) is 0.777. The molecule has 0 atom stereocenters. The van der Waals surface area contributed by atoms with E-state index in [1.54, 1.807) is 15.8 Å². The summed E-state index contributed by atoms with van der Waals surface area (Å²) in [6, 6.07) is 9.75. The fourth-order valence-corrected chi connectivity index (χ4v) is 3.52. The van der Waals surface area contributed by atoms with E-state index in [0.717, 1.165) is 12.8 Å². The van der Waals surface area contributed by atoms with Gasteiger partial charge in [0.05, 0.1) is 17.4 Å². The molecule has 0 bridgehead atoms. The Hall–Kier alpha value is -2.89. The molecule has 0 saturated heterocycles. The van der Waals surface area contributed by atoms with Crippen LogP contribution < -0.4 is 5.56 Å². The second kappa shape index (κ2) is 5.33. The third kappa shape index (κ3) is 2.22. The number of aromatic nitrogens is 3. The topological polar surface area (TPSA) is 71.0 Å². The van der Waals surface area contributed by atoms with Gasteiger partial charge in [0.1, 0.15) is 0 Å². The molecule has 1 aliphatic carbocycles. The summed E-state index contributed by atoms with van der Waals surface area (Å²) in [4.78, 5) is 33.5. The van der Waals surface area contributed by atoms with Gasteiger partial charge in [-0.25, -0.2) is 4.98 Å². The minimum atomic E-state index is -0.312. The maximum absolute atomic E-state index is 13.0. The summed E-state index contributed by atoms with van der Waals surface area (Å²) in [6.45, 7) is 0. The first-order valence-electron chi connectivity index (χ1n) is 7.93. The highest BCUT2D eigenvalue weighted by Crippen LogP contribution is 2.26. The number of carbonyl (C=O) groups excluding carboxylic acids is 1. The van der Waals surface area contributed by atoms with Crippen molar-refractivity contribution in [2.45, 2.75) is 18.9 Å². The molecule has 0 radical (unpaired) electrons. The SMILES string of the molecule is CN(C(=O)c1cc(=O)[nH]c2ncn(C)c12)C1Cc2ccccc2C1. The monoisotopic (exact) mass is 322 g/mol. The van der Waals surface area contributed by atoms with Gasteiger partial charge in [0, 0.05) is 26.2 Å². The number of H-pyrrole nitrogens is 1. The molecular weight excluding hydrogens is 304 g/mol. The number of likely N-dealkylation sites (N-methyl/N-ethyl adjacent to an activating group) is 1. The predicted molar refractivity (Wildman–Crippen MR) is 91.1 cm³/mol. The zero-order valence-corrected chi connectivity index (χ0v) is 13.6. The molecule has 0 spiro atoms. The smallest absolute Gasteiger partial charge is 0.256 e. The van der Waals surface area contributed by atoms with E-state index in [1.807, 2.05) is 26.2 Å².